The number of rotatable bonds is 6. The van der Waals surface area contributed by atoms with Crippen LogP contribution in [0.5, 0.6) is 0 Å². The highest BCUT2D eigenvalue weighted by molar-refractivity contribution is 6.31. The molecule has 2 unspecified atom stereocenters. The van der Waals surface area contributed by atoms with Gasteiger partial charge in [-0.05, 0) is 37.3 Å². The first-order valence-corrected chi connectivity index (χ1v) is 7.09. The third-order valence-corrected chi connectivity index (χ3v) is 4.01. The van der Waals surface area contributed by atoms with Crippen molar-refractivity contribution >= 4 is 11.6 Å². The lowest BCUT2D eigenvalue weighted by Gasteiger charge is -2.23. The number of benzene rings is 1. The smallest absolute Gasteiger partial charge is 0.0453 e. The summed E-state index contributed by atoms with van der Waals surface area (Å²) in [5, 5.41) is 4.58. The quantitative estimate of drug-likeness (QED) is 0.781. The highest BCUT2D eigenvalue weighted by Crippen LogP contribution is 2.34. The molecule has 2 atom stereocenters. The van der Waals surface area contributed by atoms with Gasteiger partial charge in [-0.15, -0.1) is 0 Å². The van der Waals surface area contributed by atoms with E-state index in [0.717, 1.165) is 10.9 Å². The first-order valence-electron chi connectivity index (χ1n) is 6.71. The highest BCUT2D eigenvalue weighted by atomic mass is 35.5. The largest absolute Gasteiger partial charge is 0.307 e. The molecule has 1 N–H and O–H groups in total. The summed E-state index contributed by atoms with van der Waals surface area (Å²) in [6.07, 6.45) is 5.38. The van der Waals surface area contributed by atoms with Crippen molar-refractivity contribution in [3.8, 4) is 0 Å². The van der Waals surface area contributed by atoms with Gasteiger partial charge in [0.05, 0.1) is 0 Å². The van der Waals surface area contributed by atoms with E-state index in [-0.39, 0.29) is 0 Å². The van der Waals surface area contributed by atoms with Gasteiger partial charge in [-0.1, -0.05) is 49.6 Å². The molecule has 0 saturated heterocycles. The maximum Gasteiger partial charge on any atom is 0.0453 e. The van der Waals surface area contributed by atoms with Crippen LogP contribution in [0.1, 0.15) is 51.1 Å². The lowest BCUT2D eigenvalue weighted by atomic mass is 10.0. The van der Waals surface area contributed by atoms with E-state index in [1.165, 1.54) is 31.2 Å². The summed E-state index contributed by atoms with van der Waals surface area (Å²) in [6, 6.07) is 9.10. The van der Waals surface area contributed by atoms with Gasteiger partial charge >= 0.3 is 0 Å². The number of halogens is 1. The fraction of sp³-hybridized carbons (Fsp3) is 0.600. The monoisotopic (exact) mass is 251 g/mol. The van der Waals surface area contributed by atoms with Gasteiger partial charge in [0, 0.05) is 17.1 Å². The molecule has 2 rings (SSSR count). The summed E-state index contributed by atoms with van der Waals surface area (Å²) < 4.78 is 0. The SMILES string of the molecule is CCC(CC1CC1)NC(C)c1ccccc1Cl. The average Bonchev–Trinajstić information content (AvgIpc) is 3.12. The zero-order chi connectivity index (χ0) is 12.3. The van der Waals surface area contributed by atoms with Crippen molar-refractivity contribution in [2.75, 3.05) is 0 Å². The second-order valence-corrected chi connectivity index (χ2v) is 5.60. The van der Waals surface area contributed by atoms with Crippen LogP contribution in [0.15, 0.2) is 24.3 Å². The zero-order valence-electron chi connectivity index (χ0n) is 10.7. The van der Waals surface area contributed by atoms with Gasteiger partial charge in [-0.3, -0.25) is 0 Å². The Balaban J connectivity index is 1.94. The Morgan fingerprint density at radius 3 is 2.65 bits per heavy atom. The third kappa shape index (κ3) is 3.72. The van der Waals surface area contributed by atoms with E-state index in [1.807, 2.05) is 12.1 Å². The molecule has 0 heterocycles. The van der Waals surface area contributed by atoms with Crippen molar-refractivity contribution in [3.63, 3.8) is 0 Å². The Hall–Kier alpha value is -0.530. The molecule has 0 aromatic heterocycles. The molecule has 1 aliphatic carbocycles. The minimum atomic E-state index is 0.340. The van der Waals surface area contributed by atoms with Crippen LogP contribution in [0.2, 0.25) is 5.02 Å². The van der Waals surface area contributed by atoms with Crippen LogP contribution < -0.4 is 5.32 Å². The molecule has 1 fully saturated rings. The summed E-state index contributed by atoms with van der Waals surface area (Å²) >= 11 is 6.22. The summed E-state index contributed by atoms with van der Waals surface area (Å²) in [7, 11) is 0. The molecule has 1 saturated carbocycles. The first kappa shape index (κ1) is 12.9. The van der Waals surface area contributed by atoms with Crippen LogP contribution in [0.25, 0.3) is 0 Å². The third-order valence-electron chi connectivity index (χ3n) is 3.67. The average molecular weight is 252 g/mol. The molecular weight excluding hydrogens is 230 g/mol. The number of hydrogen-bond acceptors (Lipinski definition) is 1. The Morgan fingerprint density at radius 2 is 2.06 bits per heavy atom. The molecule has 0 radical (unpaired) electrons. The molecule has 0 amide bonds. The number of hydrogen-bond donors (Lipinski definition) is 1. The van der Waals surface area contributed by atoms with Gasteiger partial charge in [0.1, 0.15) is 0 Å². The number of nitrogens with one attached hydrogen (secondary N) is 1. The minimum absolute atomic E-state index is 0.340. The summed E-state index contributed by atoms with van der Waals surface area (Å²) in [5.41, 5.74) is 1.21. The standard InChI is InChI=1S/C15H22ClN/c1-3-13(10-12-8-9-12)17-11(2)14-6-4-5-7-15(14)16/h4-7,11-13,17H,3,8-10H2,1-2H3. The van der Waals surface area contributed by atoms with E-state index in [0.29, 0.717) is 12.1 Å². The van der Waals surface area contributed by atoms with Crippen LogP contribution >= 0.6 is 11.6 Å². The van der Waals surface area contributed by atoms with Gasteiger partial charge < -0.3 is 5.32 Å². The topological polar surface area (TPSA) is 12.0 Å². The van der Waals surface area contributed by atoms with E-state index in [1.54, 1.807) is 0 Å². The molecular formula is C15H22ClN. The van der Waals surface area contributed by atoms with Gasteiger partial charge in [-0.2, -0.15) is 0 Å². The lowest BCUT2D eigenvalue weighted by Crippen LogP contribution is -2.31. The molecule has 94 valence electrons. The summed E-state index contributed by atoms with van der Waals surface area (Å²) in [4.78, 5) is 0. The molecule has 2 heteroatoms. The molecule has 0 aliphatic heterocycles. The zero-order valence-corrected chi connectivity index (χ0v) is 11.5. The molecule has 17 heavy (non-hydrogen) atoms. The van der Waals surface area contributed by atoms with Crippen molar-refractivity contribution < 1.29 is 0 Å². The first-order chi connectivity index (χ1) is 8.20. The van der Waals surface area contributed by atoms with Crippen LogP contribution in [0.3, 0.4) is 0 Å². The van der Waals surface area contributed by atoms with E-state index in [2.05, 4.69) is 31.3 Å². The van der Waals surface area contributed by atoms with Crippen molar-refractivity contribution in [3.05, 3.63) is 34.9 Å². The Bertz CT molecular complexity index is 360. The fourth-order valence-corrected chi connectivity index (χ4v) is 2.68. The Morgan fingerprint density at radius 1 is 1.35 bits per heavy atom. The van der Waals surface area contributed by atoms with Gasteiger partial charge in [0.2, 0.25) is 0 Å². The molecule has 1 aromatic carbocycles. The summed E-state index contributed by atoms with van der Waals surface area (Å²) in [6.45, 7) is 4.47. The van der Waals surface area contributed by atoms with E-state index >= 15 is 0 Å². The van der Waals surface area contributed by atoms with E-state index < -0.39 is 0 Å². The maximum atomic E-state index is 6.22. The van der Waals surface area contributed by atoms with Crippen molar-refractivity contribution in [1.29, 1.82) is 0 Å². The molecule has 0 bridgehead atoms. The normalized spacial score (nSPS) is 19.0. The lowest BCUT2D eigenvalue weighted by molar-refractivity contribution is 0.404. The van der Waals surface area contributed by atoms with E-state index in [4.69, 9.17) is 11.6 Å². The van der Waals surface area contributed by atoms with Crippen LogP contribution in [0, 0.1) is 5.92 Å². The second-order valence-electron chi connectivity index (χ2n) is 5.19. The van der Waals surface area contributed by atoms with Crippen molar-refractivity contribution in [1.82, 2.24) is 5.32 Å². The fourth-order valence-electron chi connectivity index (χ4n) is 2.38. The predicted molar refractivity (Wildman–Crippen MR) is 74.4 cm³/mol. The van der Waals surface area contributed by atoms with Crippen LogP contribution in [-0.2, 0) is 0 Å². The molecule has 1 nitrogen and oxygen atoms in total. The second kappa shape index (κ2) is 5.88. The van der Waals surface area contributed by atoms with Crippen LogP contribution in [0.4, 0.5) is 0 Å². The van der Waals surface area contributed by atoms with Crippen molar-refractivity contribution in [2.24, 2.45) is 5.92 Å². The van der Waals surface area contributed by atoms with Crippen LogP contribution in [-0.4, -0.2) is 6.04 Å². The minimum Gasteiger partial charge on any atom is -0.307 e. The predicted octanol–water partition coefficient (Wildman–Crippen LogP) is 4.57. The van der Waals surface area contributed by atoms with Gasteiger partial charge in [-0.25, -0.2) is 0 Å². The van der Waals surface area contributed by atoms with Crippen molar-refractivity contribution in [2.45, 2.75) is 51.6 Å². The maximum absolute atomic E-state index is 6.22. The molecule has 1 aromatic rings. The molecule has 1 aliphatic rings. The Kier molecular flexibility index (Phi) is 4.47. The Labute approximate surface area is 110 Å². The van der Waals surface area contributed by atoms with E-state index in [9.17, 15) is 0 Å². The van der Waals surface area contributed by atoms with Gasteiger partial charge in [0.25, 0.3) is 0 Å². The highest BCUT2D eigenvalue weighted by Gasteiger charge is 2.25. The van der Waals surface area contributed by atoms with Gasteiger partial charge in [0.15, 0.2) is 0 Å². The summed E-state index contributed by atoms with van der Waals surface area (Å²) in [5.74, 6) is 0.978. The molecule has 0 spiro atoms.